The van der Waals surface area contributed by atoms with Crippen molar-refractivity contribution in [2.24, 2.45) is 5.92 Å². The van der Waals surface area contributed by atoms with E-state index in [0.717, 1.165) is 35.3 Å². The minimum Gasteiger partial charge on any atom is -0.338 e. The van der Waals surface area contributed by atoms with E-state index in [1.165, 1.54) is 28.9 Å². The monoisotopic (exact) mass is 523 g/mol. The van der Waals surface area contributed by atoms with E-state index in [9.17, 15) is 8.42 Å². The van der Waals surface area contributed by atoms with E-state index in [2.05, 4.69) is 41.7 Å². The first-order chi connectivity index (χ1) is 18.5. The van der Waals surface area contributed by atoms with Crippen molar-refractivity contribution in [3.63, 3.8) is 0 Å². The number of rotatable bonds is 6. The molecule has 3 aromatic carbocycles. The van der Waals surface area contributed by atoms with Crippen LogP contribution in [0.2, 0.25) is 0 Å². The number of para-hydroxylation sites is 1. The van der Waals surface area contributed by atoms with Gasteiger partial charge in [0.15, 0.2) is 5.82 Å². The molecular formula is C32H33N3O2S. The molecule has 0 saturated heterocycles. The molecule has 0 aliphatic heterocycles. The number of benzene rings is 3. The van der Waals surface area contributed by atoms with Crippen molar-refractivity contribution in [3.8, 4) is 0 Å². The number of nitrogens with zero attached hydrogens (tertiary/aromatic N) is 2. The Labute approximate surface area is 225 Å². The molecule has 1 fully saturated rings. The molecule has 6 rings (SSSR count). The molecule has 5 nitrogen and oxygen atoms in total. The molecule has 1 heterocycles. The zero-order chi connectivity index (χ0) is 26.2. The fourth-order valence-electron chi connectivity index (χ4n) is 6.19. The third-order valence-electron chi connectivity index (χ3n) is 8.22. The predicted octanol–water partition coefficient (Wildman–Crippen LogP) is 7.26. The second-order valence-electron chi connectivity index (χ2n) is 10.6. The third kappa shape index (κ3) is 4.37. The van der Waals surface area contributed by atoms with Crippen LogP contribution >= 0.6 is 0 Å². The molecule has 38 heavy (non-hydrogen) atoms. The summed E-state index contributed by atoms with van der Waals surface area (Å²) in [5.74, 6) is 1.00. The quantitative estimate of drug-likeness (QED) is 0.289. The van der Waals surface area contributed by atoms with Gasteiger partial charge in [0.05, 0.1) is 10.6 Å². The molecule has 0 radical (unpaired) electrons. The maximum Gasteiger partial charge on any atom is 0.283 e. The number of aromatic nitrogens is 2. The molecular weight excluding hydrogens is 490 g/mol. The number of anilines is 2. The van der Waals surface area contributed by atoms with Gasteiger partial charge >= 0.3 is 0 Å². The van der Waals surface area contributed by atoms with Crippen LogP contribution in [-0.4, -0.2) is 17.6 Å². The van der Waals surface area contributed by atoms with Gasteiger partial charge in [0, 0.05) is 23.1 Å². The molecule has 0 spiro atoms. The molecule has 0 bridgehead atoms. The molecule has 1 saturated carbocycles. The van der Waals surface area contributed by atoms with Crippen molar-refractivity contribution < 1.29 is 8.42 Å². The molecule has 1 unspecified atom stereocenters. The first-order valence-electron chi connectivity index (χ1n) is 13.5. The number of nitrogens with one attached hydrogen (secondary N) is 1. The summed E-state index contributed by atoms with van der Waals surface area (Å²) in [6.07, 6.45) is 11.0. The van der Waals surface area contributed by atoms with Crippen molar-refractivity contribution in [2.45, 2.75) is 55.8 Å². The lowest BCUT2D eigenvalue weighted by Crippen LogP contribution is -2.39. The van der Waals surface area contributed by atoms with Crippen molar-refractivity contribution in [2.75, 3.05) is 5.32 Å². The van der Waals surface area contributed by atoms with Crippen molar-refractivity contribution in [3.05, 3.63) is 113 Å². The van der Waals surface area contributed by atoms with E-state index < -0.39 is 10.0 Å². The van der Waals surface area contributed by atoms with Gasteiger partial charge in [-0.15, -0.1) is 5.10 Å². The Bertz CT molecular complexity index is 1550. The zero-order valence-corrected chi connectivity index (χ0v) is 22.5. The Balaban J connectivity index is 1.52. The summed E-state index contributed by atoms with van der Waals surface area (Å²) in [5, 5.41) is 8.11. The minimum absolute atomic E-state index is 0.247. The Morgan fingerprint density at radius 3 is 2.21 bits per heavy atom. The normalized spacial score (nSPS) is 19.7. The maximum atomic E-state index is 14.1. The Hall–Kier alpha value is -3.64. The van der Waals surface area contributed by atoms with Gasteiger partial charge < -0.3 is 5.32 Å². The standard InChI is InChI=1S/C32H33N3O2S/c1-24-17-19-28(20-18-24)38(36,37)35-30-23-32(25-11-5-2-6-12-25,26-13-7-3-8-14-26)22-21-29(30)31(34-35)33-27-15-9-4-10-16-27/h2,4-6,9-12,15-22,26H,3,7-8,13-14,23H2,1H3,(H,33,34). The summed E-state index contributed by atoms with van der Waals surface area (Å²) >= 11 is 0. The molecule has 6 heteroatoms. The van der Waals surface area contributed by atoms with Gasteiger partial charge in [0.2, 0.25) is 0 Å². The van der Waals surface area contributed by atoms with Gasteiger partial charge in [-0.1, -0.05) is 97.6 Å². The van der Waals surface area contributed by atoms with Crippen molar-refractivity contribution >= 4 is 27.6 Å². The zero-order valence-electron chi connectivity index (χ0n) is 21.7. The highest BCUT2D eigenvalue weighted by Gasteiger charge is 2.43. The van der Waals surface area contributed by atoms with E-state index in [0.29, 0.717) is 18.2 Å². The summed E-state index contributed by atoms with van der Waals surface area (Å²) in [6, 6.07) is 27.4. The van der Waals surface area contributed by atoms with Gasteiger partial charge in [-0.05, 0) is 55.5 Å². The Morgan fingerprint density at radius 1 is 0.868 bits per heavy atom. The molecule has 2 aliphatic carbocycles. The topological polar surface area (TPSA) is 64.0 Å². The molecule has 194 valence electrons. The lowest BCUT2D eigenvalue weighted by atomic mass is 9.61. The summed E-state index contributed by atoms with van der Waals surface area (Å²) in [4.78, 5) is 0.247. The van der Waals surface area contributed by atoms with Crippen LogP contribution in [0.3, 0.4) is 0 Å². The second-order valence-corrected chi connectivity index (χ2v) is 12.4. The van der Waals surface area contributed by atoms with E-state index in [1.807, 2.05) is 55.5 Å². The van der Waals surface area contributed by atoms with Gasteiger partial charge in [-0.25, -0.2) is 0 Å². The first-order valence-corrected chi connectivity index (χ1v) is 14.9. The summed E-state index contributed by atoms with van der Waals surface area (Å²) < 4.78 is 29.4. The van der Waals surface area contributed by atoms with Gasteiger partial charge in [-0.3, -0.25) is 0 Å². The minimum atomic E-state index is -3.90. The van der Waals surface area contributed by atoms with Crippen LogP contribution in [0.25, 0.3) is 6.08 Å². The number of aryl methyl sites for hydroxylation is 1. The van der Waals surface area contributed by atoms with Gasteiger partial charge in [0.1, 0.15) is 0 Å². The van der Waals surface area contributed by atoms with Crippen LogP contribution in [0.15, 0.2) is 95.9 Å². The smallest absolute Gasteiger partial charge is 0.283 e. The highest BCUT2D eigenvalue weighted by Crippen LogP contribution is 2.48. The number of hydrogen-bond donors (Lipinski definition) is 1. The van der Waals surface area contributed by atoms with Crippen LogP contribution in [0, 0.1) is 12.8 Å². The van der Waals surface area contributed by atoms with Crippen LogP contribution in [-0.2, 0) is 21.9 Å². The van der Waals surface area contributed by atoms with Crippen LogP contribution in [0.5, 0.6) is 0 Å². The van der Waals surface area contributed by atoms with E-state index >= 15 is 0 Å². The Kier molecular flexibility index (Phi) is 6.44. The third-order valence-corrected chi connectivity index (χ3v) is 9.85. The maximum absolute atomic E-state index is 14.1. The lowest BCUT2D eigenvalue weighted by molar-refractivity contribution is 0.241. The van der Waals surface area contributed by atoms with Crippen molar-refractivity contribution in [1.82, 2.24) is 9.19 Å². The number of fused-ring (bicyclic) bond motifs is 1. The summed E-state index contributed by atoms with van der Waals surface area (Å²) in [6.45, 7) is 1.96. The SMILES string of the molecule is Cc1ccc(S(=O)(=O)n2nc(Nc3ccccc3)c3c2CC(c2ccccc2)(C2CCCCC2)C=C3)cc1. The lowest BCUT2D eigenvalue weighted by Gasteiger charge is -2.43. The number of hydrogen-bond acceptors (Lipinski definition) is 4. The predicted molar refractivity (Wildman–Crippen MR) is 153 cm³/mol. The first kappa shape index (κ1) is 24.7. The van der Waals surface area contributed by atoms with Crippen LogP contribution in [0.4, 0.5) is 11.5 Å². The van der Waals surface area contributed by atoms with E-state index in [4.69, 9.17) is 5.10 Å². The largest absolute Gasteiger partial charge is 0.338 e. The van der Waals surface area contributed by atoms with Crippen molar-refractivity contribution in [1.29, 1.82) is 0 Å². The molecule has 1 N–H and O–H groups in total. The average Bonchev–Trinajstić information content (AvgIpc) is 3.32. The molecule has 0 amide bonds. The van der Waals surface area contributed by atoms with Crippen LogP contribution < -0.4 is 5.32 Å². The van der Waals surface area contributed by atoms with Crippen LogP contribution in [0.1, 0.15) is 54.5 Å². The summed E-state index contributed by atoms with van der Waals surface area (Å²) in [5.41, 5.74) is 4.42. The Morgan fingerprint density at radius 2 is 1.53 bits per heavy atom. The fourth-order valence-corrected chi connectivity index (χ4v) is 7.51. The van der Waals surface area contributed by atoms with E-state index in [-0.39, 0.29) is 10.3 Å². The molecule has 1 atom stereocenters. The highest BCUT2D eigenvalue weighted by atomic mass is 32.2. The van der Waals surface area contributed by atoms with Gasteiger partial charge in [-0.2, -0.15) is 12.5 Å². The molecule has 2 aliphatic rings. The summed E-state index contributed by atoms with van der Waals surface area (Å²) in [7, 11) is -3.90. The highest BCUT2D eigenvalue weighted by molar-refractivity contribution is 7.89. The van der Waals surface area contributed by atoms with Gasteiger partial charge in [0.25, 0.3) is 10.0 Å². The molecule has 1 aromatic heterocycles. The second kappa shape index (κ2) is 9.91. The van der Waals surface area contributed by atoms with E-state index in [1.54, 1.807) is 12.1 Å². The average molecular weight is 524 g/mol. The number of allylic oxidation sites excluding steroid dienone is 1. The molecule has 4 aromatic rings. The fraction of sp³-hybridized carbons (Fsp3) is 0.281.